The number of rotatable bonds is 1. The highest BCUT2D eigenvalue weighted by Gasteiger charge is 2.42. The zero-order chi connectivity index (χ0) is 7.71. The van der Waals surface area contributed by atoms with Crippen LogP contribution in [0.3, 0.4) is 0 Å². The van der Waals surface area contributed by atoms with Crippen molar-refractivity contribution >= 4 is 0 Å². The molecule has 0 nitrogen and oxygen atoms in total. The van der Waals surface area contributed by atoms with Gasteiger partial charge in [0, 0.05) is 5.41 Å². The summed E-state index contributed by atoms with van der Waals surface area (Å²) >= 11 is 0. The maximum Gasteiger partial charge on any atom is 0.280 e. The lowest BCUT2D eigenvalue weighted by atomic mass is 9.89. The Balaban J connectivity index is 4.14. The van der Waals surface area contributed by atoms with Gasteiger partial charge in [0.25, 0.3) is 5.92 Å². The van der Waals surface area contributed by atoms with E-state index in [2.05, 4.69) is 0 Å². The molecule has 0 N–H and O–H groups in total. The molecule has 0 aliphatic rings. The summed E-state index contributed by atoms with van der Waals surface area (Å²) < 4.78 is 36.1. The average molecular weight is 140 g/mol. The van der Waals surface area contributed by atoms with Gasteiger partial charge in [0.05, 0.1) is 0 Å². The predicted octanol–water partition coefficient (Wildman–Crippen LogP) is 2.64. The smallest absolute Gasteiger partial charge is 0.244 e. The lowest BCUT2D eigenvalue weighted by molar-refractivity contribution is -0.111. The van der Waals surface area contributed by atoms with Gasteiger partial charge in [-0.05, 0) is 0 Å². The van der Waals surface area contributed by atoms with Crippen LogP contribution in [-0.4, -0.2) is 12.6 Å². The molecule has 0 radical (unpaired) electrons. The Morgan fingerprint density at radius 2 is 1.44 bits per heavy atom. The fraction of sp³-hybridized carbons (Fsp3) is 1.00. The van der Waals surface area contributed by atoms with E-state index in [0.717, 1.165) is 0 Å². The first-order valence-electron chi connectivity index (χ1n) is 2.75. The second-order valence-electron chi connectivity index (χ2n) is 3.09. The molecule has 0 aromatic heterocycles. The highest BCUT2D eigenvalue weighted by Crippen LogP contribution is 2.35. The van der Waals surface area contributed by atoms with Crippen molar-refractivity contribution in [2.24, 2.45) is 5.41 Å². The van der Waals surface area contributed by atoms with Gasteiger partial charge in [-0.3, -0.25) is 0 Å². The van der Waals surface area contributed by atoms with Crippen LogP contribution < -0.4 is 0 Å². The fourth-order valence-electron chi connectivity index (χ4n) is 0.200. The summed E-state index contributed by atoms with van der Waals surface area (Å²) in [5, 5.41) is 0. The molecule has 0 atom stereocenters. The van der Waals surface area contributed by atoms with Gasteiger partial charge < -0.3 is 0 Å². The molecule has 0 saturated carbocycles. The molecule has 56 valence electrons. The van der Waals surface area contributed by atoms with E-state index in [1.807, 2.05) is 0 Å². The Kier molecular flexibility index (Phi) is 2.14. The summed E-state index contributed by atoms with van der Waals surface area (Å²) in [5.41, 5.74) is -1.26. The maximum absolute atomic E-state index is 12.3. The summed E-state index contributed by atoms with van der Waals surface area (Å²) in [6.07, 6.45) is 0. The Hall–Kier alpha value is -0.210. The van der Waals surface area contributed by atoms with Crippen LogP contribution in [0.25, 0.3) is 0 Å². The van der Waals surface area contributed by atoms with Gasteiger partial charge in [-0.2, -0.15) is 0 Å². The fourth-order valence-corrected chi connectivity index (χ4v) is 0.200. The minimum absolute atomic E-state index is 1.26. The summed E-state index contributed by atoms with van der Waals surface area (Å²) in [6.45, 7) is 2.36. The highest BCUT2D eigenvalue weighted by molar-refractivity contribution is 4.80. The molecule has 0 amide bonds. The van der Waals surface area contributed by atoms with Gasteiger partial charge in [-0.1, -0.05) is 20.8 Å². The van der Waals surface area contributed by atoms with Gasteiger partial charge in [-0.25, -0.2) is 13.2 Å². The van der Waals surface area contributed by atoms with E-state index in [0.29, 0.717) is 0 Å². The Morgan fingerprint density at radius 1 is 1.11 bits per heavy atom. The summed E-state index contributed by atoms with van der Waals surface area (Å²) in [7, 11) is 0. The highest BCUT2D eigenvalue weighted by atomic mass is 19.3. The lowest BCUT2D eigenvalue weighted by Gasteiger charge is -2.27. The topological polar surface area (TPSA) is 0 Å². The molecule has 0 aliphatic heterocycles. The normalized spacial score (nSPS) is 14.0. The molecule has 0 heterocycles. The first kappa shape index (κ1) is 8.79. The molecule has 0 aromatic rings. The van der Waals surface area contributed by atoms with Crippen LogP contribution >= 0.6 is 0 Å². The molecule has 0 rings (SSSR count). The standard InChI is InChI=1S/C6H11F3/c1-5(2,3)6(8,9)4-7/h4H2,1-3H3. The van der Waals surface area contributed by atoms with Crippen molar-refractivity contribution in [2.45, 2.75) is 26.7 Å². The molecule has 0 unspecified atom stereocenters. The molecular weight excluding hydrogens is 129 g/mol. The molecular formula is C6H11F3. The summed E-state index contributed by atoms with van der Waals surface area (Å²) in [6, 6.07) is 0. The zero-order valence-corrected chi connectivity index (χ0v) is 5.84. The van der Waals surface area contributed by atoms with Crippen molar-refractivity contribution in [3.8, 4) is 0 Å². The number of hydrogen-bond donors (Lipinski definition) is 0. The second kappa shape index (κ2) is 2.20. The SMILES string of the molecule is CC(C)(C)C(F)(F)CF. The largest absolute Gasteiger partial charge is 0.280 e. The quantitative estimate of drug-likeness (QED) is 0.525. The molecule has 3 heteroatoms. The van der Waals surface area contributed by atoms with E-state index in [-0.39, 0.29) is 0 Å². The van der Waals surface area contributed by atoms with E-state index in [4.69, 9.17) is 0 Å². The first-order chi connectivity index (χ1) is 3.81. The van der Waals surface area contributed by atoms with Crippen LogP contribution in [-0.2, 0) is 0 Å². The third-order valence-electron chi connectivity index (χ3n) is 1.27. The monoisotopic (exact) mass is 140 g/mol. The molecule has 0 aliphatic carbocycles. The first-order valence-corrected chi connectivity index (χ1v) is 2.75. The van der Waals surface area contributed by atoms with E-state index < -0.39 is 18.0 Å². The van der Waals surface area contributed by atoms with E-state index in [1.54, 1.807) is 0 Å². The van der Waals surface area contributed by atoms with Gasteiger partial charge in [-0.15, -0.1) is 0 Å². The van der Waals surface area contributed by atoms with Gasteiger partial charge in [0.1, 0.15) is 0 Å². The van der Waals surface area contributed by atoms with Crippen LogP contribution in [0.2, 0.25) is 0 Å². The number of alkyl halides is 3. The van der Waals surface area contributed by atoms with Gasteiger partial charge >= 0.3 is 0 Å². The van der Waals surface area contributed by atoms with Crippen molar-refractivity contribution in [3.05, 3.63) is 0 Å². The molecule has 9 heavy (non-hydrogen) atoms. The molecule has 0 aromatic carbocycles. The maximum atomic E-state index is 12.3. The van der Waals surface area contributed by atoms with Crippen molar-refractivity contribution in [1.29, 1.82) is 0 Å². The number of halogens is 3. The molecule has 0 bridgehead atoms. The van der Waals surface area contributed by atoms with Crippen LogP contribution in [0.1, 0.15) is 20.8 Å². The third kappa shape index (κ3) is 1.88. The average Bonchev–Trinajstić information content (AvgIpc) is 1.64. The molecule has 0 spiro atoms. The van der Waals surface area contributed by atoms with Gasteiger partial charge in [0.15, 0.2) is 6.67 Å². The van der Waals surface area contributed by atoms with Crippen molar-refractivity contribution in [3.63, 3.8) is 0 Å². The van der Waals surface area contributed by atoms with Crippen molar-refractivity contribution in [1.82, 2.24) is 0 Å². The van der Waals surface area contributed by atoms with Crippen LogP contribution in [0, 0.1) is 5.41 Å². The van der Waals surface area contributed by atoms with E-state index in [9.17, 15) is 13.2 Å². The molecule has 0 fully saturated rings. The minimum atomic E-state index is -3.19. The molecule has 0 saturated heterocycles. The van der Waals surface area contributed by atoms with Crippen molar-refractivity contribution in [2.75, 3.05) is 6.67 Å². The summed E-state index contributed by atoms with van der Waals surface area (Å²) in [4.78, 5) is 0. The Bertz CT molecular complexity index is 91.0. The van der Waals surface area contributed by atoms with Gasteiger partial charge in [0.2, 0.25) is 0 Å². The second-order valence-corrected chi connectivity index (χ2v) is 3.09. The van der Waals surface area contributed by atoms with Crippen LogP contribution in [0.4, 0.5) is 13.2 Å². The number of hydrogen-bond acceptors (Lipinski definition) is 0. The Labute approximate surface area is 53.1 Å². The third-order valence-corrected chi connectivity index (χ3v) is 1.27. The van der Waals surface area contributed by atoms with E-state index >= 15 is 0 Å². The Morgan fingerprint density at radius 3 is 1.44 bits per heavy atom. The zero-order valence-electron chi connectivity index (χ0n) is 5.84. The van der Waals surface area contributed by atoms with Crippen LogP contribution in [0.5, 0.6) is 0 Å². The lowest BCUT2D eigenvalue weighted by Crippen LogP contribution is -2.35. The summed E-state index contributed by atoms with van der Waals surface area (Å²) in [5.74, 6) is -3.19. The van der Waals surface area contributed by atoms with Crippen LogP contribution in [0.15, 0.2) is 0 Å². The predicted molar refractivity (Wildman–Crippen MR) is 30.4 cm³/mol. The van der Waals surface area contributed by atoms with E-state index in [1.165, 1.54) is 20.8 Å². The van der Waals surface area contributed by atoms with Crippen molar-refractivity contribution < 1.29 is 13.2 Å². The minimum Gasteiger partial charge on any atom is -0.244 e.